The van der Waals surface area contributed by atoms with Crippen LogP contribution in [-0.2, 0) is 0 Å². The minimum atomic E-state index is -0.950. The van der Waals surface area contributed by atoms with E-state index in [1.165, 1.54) is 0 Å². The number of hydrogen-bond donors (Lipinski definition) is 1. The smallest absolute Gasteiger partial charge is 0.336 e. The maximum absolute atomic E-state index is 11.5. The third-order valence-corrected chi connectivity index (χ3v) is 3.30. The van der Waals surface area contributed by atoms with E-state index in [4.69, 9.17) is 4.42 Å². The van der Waals surface area contributed by atoms with Crippen molar-refractivity contribution in [3.8, 4) is 11.3 Å². The van der Waals surface area contributed by atoms with Crippen LogP contribution in [0.5, 0.6) is 0 Å². The lowest BCUT2D eigenvalue weighted by Crippen LogP contribution is -2.01. The molecule has 4 heteroatoms. The molecule has 0 aliphatic heterocycles. The predicted molar refractivity (Wildman–Crippen MR) is 75.9 cm³/mol. The van der Waals surface area contributed by atoms with Gasteiger partial charge in [-0.25, -0.2) is 9.78 Å². The van der Waals surface area contributed by atoms with Gasteiger partial charge < -0.3 is 9.52 Å². The Bertz CT molecular complexity index is 804. The molecular weight excluding hydrogens is 254 g/mol. The molecule has 0 spiro atoms. The Kier molecular flexibility index (Phi) is 2.79. The maximum Gasteiger partial charge on any atom is 0.336 e. The lowest BCUT2D eigenvalue weighted by molar-refractivity contribution is 0.0699. The summed E-state index contributed by atoms with van der Waals surface area (Å²) in [5.74, 6) is -0.950. The zero-order valence-corrected chi connectivity index (χ0v) is 11.2. The van der Waals surface area contributed by atoms with Gasteiger partial charge in [-0.05, 0) is 43.2 Å². The minimum Gasteiger partial charge on any atom is -0.478 e. The van der Waals surface area contributed by atoms with Crippen molar-refractivity contribution < 1.29 is 14.3 Å². The number of aromatic nitrogens is 1. The highest BCUT2D eigenvalue weighted by Crippen LogP contribution is 2.28. The lowest BCUT2D eigenvalue weighted by Gasteiger charge is -2.09. The van der Waals surface area contributed by atoms with Gasteiger partial charge in [0.05, 0.1) is 29.3 Å². The average Bonchev–Trinajstić information content (AvgIpc) is 2.90. The van der Waals surface area contributed by atoms with Gasteiger partial charge in [0.25, 0.3) is 0 Å². The first-order valence-electron chi connectivity index (χ1n) is 6.24. The van der Waals surface area contributed by atoms with Crippen molar-refractivity contribution in [1.29, 1.82) is 0 Å². The van der Waals surface area contributed by atoms with Gasteiger partial charge >= 0.3 is 5.97 Å². The lowest BCUT2D eigenvalue weighted by atomic mass is 9.99. The zero-order chi connectivity index (χ0) is 14.3. The summed E-state index contributed by atoms with van der Waals surface area (Å²) in [6.45, 7) is 3.88. The van der Waals surface area contributed by atoms with Crippen LogP contribution >= 0.6 is 0 Å². The van der Waals surface area contributed by atoms with Gasteiger partial charge in [0.1, 0.15) is 0 Å². The quantitative estimate of drug-likeness (QED) is 0.766. The monoisotopic (exact) mass is 267 g/mol. The molecule has 20 heavy (non-hydrogen) atoms. The van der Waals surface area contributed by atoms with Crippen LogP contribution < -0.4 is 0 Å². The fourth-order valence-corrected chi connectivity index (χ4v) is 2.48. The van der Waals surface area contributed by atoms with Gasteiger partial charge in [-0.3, -0.25) is 0 Å². The SMILES string of the molecule is Cc1cc(C)c2c(C(=O)O)cc(-c3ccoc3)nc2c1. The second-order valence-electron chi connectivity index (χ2n) is 4.85. The Morgan fingerprint density at radius 3 is 2.70 bits per heavy atom. The van der Waals surface area contributed by atoms with Crippen molar-refractivity contribution in [1.82, 2.24) is 4.98 Å². The summed E-state index contributed by atoms with van der Waals surface area (Å²) in [5.41, 5.74) is 4.32. The largest absolute Gasteiger partial charge is 0.478 e. The zero-order valence-electron chi connectivity index (χ0n) is 11.2. The number of pyridine rings is 1. The number of fused-ring (bicyclic) bond motifs is 1. The van der Waals surface area contributed by atoms with Crippen molar-refractivity contribution in [2.45, 2.75) is 13.8 Å². The Morgan fingerprint density at radius 2 is 2.05 bits per heavy atom. The fourth-order valence-electron chi connectivity index (χ4n) is 2.48. The van der Waals surface area contributed by atoms with Crippen LogP contribution in [0.1, 0.15) is 21.5 Å². The summed E-state index contributed by atoms with van der Waals surface area (Å²) >= 11 is 0. The Morgan fingerprint density at radius 1 is 1.25 bits per heavy atom. The number of nitrogens with zero attached hydrogens (tertiary/aromatic N) is 1. The second-order valence-corrected chi connectivity index (χ2v) is 4.85. The Balaban J connectivity index is 2.40. The van der Waals surface area contributed by atoms with Gasteiger partial charge in [0.15, 0.2) is 0 Å². The van der Waals surface area contributed by atoms with Gasteiger partial charge in [-0.1, -0.05) is 6.07 Å². The fraction of sp³-hybridized carbons (Fsp3) is 0.125. The highest BCUT2D eigenvalue weighted by atomic mass is 16.4. The first-order chi connectivity index (χ1) is 9.56. The summed E-state index contributed by atoms with van der Waals surface area (Å²) in [6, 6.07) is 7.23. The van der Waals surface area contributed by atoms with E-state index in [2.05, 4.69) is 4.98 Å². The molecule has 0 fully saturated rings. The number of aryl methyl sites for hydroxylation is 2. The Labute approximate surface area is 115 Å². The van der Waals surface area contributed by atoms with Crippen LogP contribution in [0.4, 0.5) is 0 Å². The molecule has 0 saturated heterocycles. The number of carboxylic acid groups (broad SMARTS) is 1. The van der Waals surface area contributed by atoms with Gasteiger partial charge in [-0.15, -0.1) is 0 Å². The minimum absolute atomic E-state index is 0.267. The van der Waals surface area contributed by atoms with Crippen LogP contribution in [-0.4, -0.2) is 16.1 Å². The summed E-state index contributed by atoms with van der Waals surface area (Å²) in [6.07, 6.45) is 3.10. The molecule has 3 aromatic rings. The van der Waals surface area contributed by atoms with E-state index in [-0.39, 0.29) is 5.56 Å². The third-order valence-electron chi connectivity index (χ3n) is 3.30. The van der Waals surface area contributed by atoms with E-state index < -0.39 is 5.97 Å². The molecule has 0 radical (unpaired) electrons. The van der Waals surface area contributed by atoms with Crippen molar-refractivity contribution in [2.24, 2.45) is 0 Å². The number of carbonyl (C=O) groups is 1. The topological polar surface area (TPSA) is 63.3 Å². The van der Waals surface area contributed by atoms with E-state index in [0.29, 0.717) is 16.6 Å². The maximum atomic E-state index is 11.5. The van der Waals surface area contributed by atoms with Crippen molar-refractivity contribution in [2.75, 3.05) is 0 Å². The molecule has 1 N–H and O–H groups in total. The molecule has 0 amide bonds. The Hall–Kier alpha value is -2.62. The van der Waals surface area contributed by atoms with Crippen molar-refractivity contribution >= 4 is 16.9 Å². The van der Waals surface area contributed by atoms with Gasteiger partial charge in [-0.2, -0.15) is 0 Å². The normalized spacial score (nSPS) is 10.9. The van der Waals surface area contributed by atoms with E-state index in [1.54, 1.807) is 24.7 Å². The first kappa shape index (κ1) is 12.4. The molecule has 2 heterocycles. The number of carboxylic acids is 1. The molecule has 2 aromatic heterocycles. The summed E-state index contributed by atoms with van der Waals surface area (Å²) in [4.78, 5) is 16.1. The second kappa shape index (κ2) is 4.49. The van der Waals surface area contributed by atoms with E-state index in [1.807, 2.05) is 26.0 Å². The molecule has 0 aliphatic carbocycles. The van der Waals surface area contributed by atoms with Crippen LogP contribution in [0.25, 0.3) is 22.2 Å². The molecule has 3 rings (SSSR count). The van der Waals surface area contributed by atoms with Crippen LogP contribution in [0.15, 0.2) is 41.2 Å². The van der Waals surface area contributed by atoms with Crippen LogP contribution in [0.2, 0.25) is 0 Å². The summed E-state index contributed by atoms with van der Waals surface area (Å²) in [5, 5.41) is 10.1. The molecule has 0 bridgehead atoms. The molecular formula is C16H13NO3. The van der Waals surface area contributed by atoms with Crippen molar-refractivity contribution in [3.63, 3.8) is 0 Å². The average molecular weight is 267 g/mol. The molecule has 1 aromatic carbocycles. The van der Waals surface area contributed by atoms with E-state index in [0.717, 1.165) is 16.7 Å². The highest BCUT2D eigenvalue weighted by molar-refractivity contribution is 6.05. The number of aromatic carboxylic acids is 1. The predicted octanol–water partition coefficient (Wildman–Crippen LogP) is 3.81. The van der Waals surface area contributed by atoms with E-state index in [9.17, 15) is 9.90 Å². The number of furan rings is 1. The molecule has 0 atom stereocenters. The number of rotatable bonds is 2. The molecule has 4 nitrogen and oxygen atoms in total. The standard InChI is InChI=1S/C16H13NO3/c1-9-5-10(2)15-12(16(18)19)7-13(17-14(15)6-9)11-3-4-20-8-11/h3-8H,1-2H3,(H,18,19). The number of hydrogen-bond acceptors (Lipinski definition) is 3. The van der Waals surface area contributed by atoms with Crippen LogP contribution in [0, 0.1) is 13.8 Å². The molecule has 0 unspecified atom stereocenters. The molecule has 0 aliphatic rings. The first-order valence-corrected chi connectivity index (χ1v) is 6.24. The molecule has 0 saturated carbocycles. The third kappa shape index (κ3) is 1.95. The number of benzene rings is 1. The van der Waals surface area contributed by atoms with Crippen LogP contribution in [0.3, 0.4) is 0 Å². The summed E-state index contributed by atoms with van der Waals surface area (Å²) < 4.78 is 5.04. The van der Waals surface area contributed by atoms with Gasteiger partial charge in [0, 0.05) is 10.9 Å². The van der Waals surface area contributed by atoms with Crippen molar-refractivity contribution in [3.05, 3.63) is 53.5 Å². The van der Waals surface area contributed by atoms with E-state index >= 15 is 0 Å². The summed E-state index contributed by atoms with van der Waals surface area (Å²) in [7, 11) is 0. The highest BCUT2D eigenvalue weighted by Gasteiger charge is 2.15. The van der Waals surface area contributed by atoms with Gasteiger partial charge in [0.2, 0.25) is 0 Å². The molecule has 100 valence electrons.